The molecule has 0 unspecified atom stereocenters. The number of aliphatic hydroxyl groups is 1. The third kappa shape index (κ3) is 2.47. The van der Waals surface area contributed by atoms with Crippen LogP contribution in [0, 0.1) is 0 Å². The van der Waals surface area contributed by atoms with E-state index in [-0.39, 0.29) is 7.43 Å². The Balaban J connectivity index is 0.000000531. The molecular formula is C12H16O2. The van der Waals surface area contributed by atoms with Crippen molar-refractivity contribution in [3.63, 3.8) is 0 Å². The third-order valence-corrected chi connectivity index (χ3v) is 1.77. The van der Waals surface area contributed by atoms with Crippen LogP contribution in [-0.4, -0.2) is 17.3 Å². The average molecular weight is 192 g/mol. The predicted molar refractivity (Wildman–Crippen MR) is 60.5 cm³/mol. The van der Waals surface area contributed by atoms with Gasteiger partial charge in [0.1, 0.15) is 5.75 Å². The number of aromatic hydroxyl groups is 1. The smallest absolute Gasteiger partial charge is 0.123 e. The Morgan fingerprint density at radius 1 is 0.857 bits per heavy atom. The first kappa shape index (κ1) is 12.5. The second-order valence-electron chi connectivity index (χ2n) is 2.50. The van der Waals surface area contributed by atoms with Gasteiger partial charge >= 0.3 is 0 Å². The molecule has 0 saturated carbocycles. The van der Waals surface area contributed by atoms with Crippen LogP contribution >= 0.6 is 0 Å². The molecule has 0 atom stereocenters. The van der Waals surface area contributed by atoms with Gasteiger partial charge in [-0.15, -0.1) is 0 Å². The Bertz CT molecular complexity index is 377. The van der Waals surface area contributed by atoms with Gasteiger partial charge in [0.05, 0.1) is 0 Å². The summed E-state index contributed by atoms with van der Waals surface area (Å²) in [6.07, 6.45) is 0. The maximum absolute atomic E-state index is 9.37. The SMILES string of the molecule is C.CO.Oc1cccc2ccccc12. The van der Waals surface area contributed by atoms with Crippen molar-refractivity contribution in [2.45, 2.75) is 7.43 Å². The highest BCUT2D eigenvalue weighted by Gasteiger charge is 1.94. The molecular weight excluding hydrogens is 176 g/mol. The summed E-state index contributed by atoms with van der Waals surface area (Å²) in [4.78, 5) is 0. The molecule has 0 aliphatic carbocycles. The standard InChI is InChI=1S/C10H8O.CH4O.CH4/c11-10-7-3-5-8-4-1-2-6-9(8)10;1-2;/h1-7,11H;2H,1H3;1H4. The van der Waals surface area contributed by atoms with E-state index in [2.05, 4.69) is 0 Å². The van der Waals surface area contributed by atoms with Crippen LogP contribution in [0.5, 0.6) is 5.75 Å². The van der Waals surface area contributed by atoms with Gasteiger partial charge in [0.25, 0.3) is 0 Å². The lowest BCUT2D eigenvalue weighted by Crippen LogP contribution is -1.70. The Morgan fingerprint density at radius 3 is 2.07 bits per heavy atom. The molecule has 0 aliphatic rings. The molecule has 0 aliphatic heterocycles. The highest BCUT2D eigenvalue weighted by molar-refractivity contribution is 5.87. The molecule has 2 aromatic rings. The molecule has 76 valence electrons. The molecule has 0 heterocycles. The van der Waals surface area contributed by atoms with Gasteiger partial charge in [-0.1, -0.05) is 43.8 Å². The van der Waals surface area contributed by atoms with E-state index in [0.717, 1.165) is 17.9 Å². The average Bonchev–Trinajstić information content (AvgIpc) is 2.22. The zero-order valence-electron chi connectivity index (χ0n) is 7.44. The first-order valence-corrected chi connectivity index (χ1v) is 3.99. The number of rotatable bonds is 0. The van der Waals surface area contributed by atoms with Gasteiger partial charge in [0.15, 0.2) is 0 Å². The number of hydrogen-bond acceptors (Lipinski definition) is 2. The molecule has 2 heteroatoms. The predicted octanol–water partition coefficient (Wildman–Crippen LogP) is 2.79. The highest BCUT2D eigenvalue weighted by atomic mass is 16.3. The van der Waals surface area contributed by atoms with Gasteiger partial charge in [-0.05, 0) is 11.5 Å². The van der Waals surface area contributed by atoms with Crippen molar-refractivity contribution in [2.75, 3.05) is 7.11 Å². The summed E-state index contributed by atoms with van der Waals surface area (Å²) < 4.78 is 0. The highest BCUT2D eigenvalue weighted by Crippen LogP contribution is 2.22. The fourth-order valence-electron chi connectivity index (χ4n) is 1.21. The van der Waals surface area contributed by atoms with Gasteiger partial charge in [-0.2, -0.15) is 0 Å². The topological polar surface area (TPSA) is 40.5 Å². The summed E-state index contributed by atoms with van der Waals surface area (Å²) >= 11 is 0. The first-order valence-electron chi connectivity index (χ1n) is 3.99. The van der Waals surface area contributed by atoms with E-state index in [1.165, 1.54) is 0 Å². The Morgan fingerprint density at radius 2 is 1.43 bits per heavy atom. The molecule has 0 amide bonds. The monoisotopic (exact) mass is 192 g/mol. The van der Waals surface area contributed by atoms with Crippen LogP contribution in [0.4, 0.5) is 0 Å². The second kappa shape index (κ2) is 6.00. The van der Waals surface area contributed by atoms with Crippen LogP contribution in [0.25, 0.3) is 10.8 Å². The van der Waals surface area contributed by atoms with Crippen molar-refractivity contribution >= 4 is 10.8 Å². The Labute approximate surface area is 84.4 Å². The van der Waals surface area contributed by atoms with E-state index in [9.17, 15) is 5.11 Å². The molecule has 0 aromatic heterocycles. The molecule has 0 saturated heterocycles. The summed E-state index contributed by atoms with van der Waals surface area (Å²) in [7, 11) is 1.00. The van der Waals surface area contributed by atoms with Crippen molar-refractivity contribution in [1.29, 1.82) is 0 Å². The van der Waals surface area contributed by atoms with Crippen LogP contribution in [0.2, 0.25) is 0 Å². The van der Waals surface area contributed by atoms with Crippen LogP contribution < -0.4 is 0 Å². The Hall–Kier alpha value is -1.54. The fourth-order valence-corrected chi connectivity index (χ4v) is 1.21. The largest absolute Gasteiger partial charge is 0.507 e. The van der Waals surface area contributed by atoms with Crippen LogP contribution in [0.1, 0.15) is 7.43 Å². The molecule has 0 bridgehead atoms. The van der Waals surface area contributed by atoms with E-state index in [1.54, 1.807) is 6.07 Å². The summed E-state index contributed by atoms with van der Waals surface area (Å²) in [6, 6.07) is 13.3. The molecule has 2 rings (SSSR count). The molecule has 2 nitrogen and oxygen atoms in total. The number of aliphatic hydroxyl groups excluding tert-OH is 1. The number of benzene rings is 2. The number of phenols is 1. The summed E-state index contributed by atoms with van der Waals surface area (Å²) in [5.41, 5.74) is 0. The quantitative estimate of drug-likeness (QED) is 0.673. The minimum Gasteiger partial charge on any atom is -0.507 e. The van der Waals surface area contributed by atoms with E-state index in [0.29, 0.717) is 5.75 Å². The van der Waals surface area contributed by atoms with E-state index >= 15 is 0 Å². The second-order valence-corrected chi connectivity index (χ2v) is 2.50. The molecule has 0 spiro atoms. The minimum atomic E-state index is 0. The van der Waals surface area contributed by atoms with Gasteiger partial charge in [-0.3, -0.25) is 0 Å². The van der Waals surface area contributed by atoms with Crippen LogP contribution in [0.15, 0.2) is 42.5 Å². The van der Waals surface area contributed by atoms with Gasteiger partial charge < -0.3 is 10.2 Å². The van der Waals surface area contributed by atoms with Crippen molar-refractivity contribution < 1.29 is 10.2 Å². The maximum atomic E-state index is 9.37. The zero-order chi connectivity index (χ0) is 9.68. The summed E-state index contributed by atoms with van der Waals surface area (Å²) in [5, 5.41) is 18.4. The lowest BCUT2D eigenvalue weighted by molar-refractivity contribution is 0.399. The normalized spacial score (nSPS) is 8.43. The molecule has 0 radical (unpaired) electrons. The van der Waals surface area contributed by atoms with Crippen LogP contribution in [0.3, 0.4) is 0 Å². The van der Waals surface area contributed by atoms with Crippen molar-refractivity contribution in [1.82, 2.24) is 0 Å². The maximum Gasteiger partial charge on any atom is 0.123 e. The van der Waals surface area contributed by atoms with E-state index in [1.807, 2.05) is 36.4 Å². The van der Waals surface area contributed by atoms with Gasteiger partial charge in [0.2, 0.25) is 0 Å². The van der Waals surface area contributed by atoms with E-state index in [4.69, 9.17) is 5.11 Å². The lowest BCUT2D eigenvalue weighted by Gasteiger charge is -1.97. The number of hydrogen-bond donors (Lipinski definition) is 2. The number of phenolic OH excluding ortho intramolecular Hbond substituents is 1. The summed E-state index contributed by atoms with van der Waals surface area (Å²) in [6.45, 7) is 0. The molecule has 2 N–H and O–H groups in total. The Kier molecular flexibility index (Phi) is 5.34. The third-order valence-electron chi connectivity index (χ3n) is 1.77. The zero-order valence-corrected chi connectivity index (χ0v) is 7.44. The lowest BCUT2D eigenvalue weighted by atomic mass is 10.1. The minimum absolute atomic E-state index is 0. The fraction of sp³-hybridized carbons (Fsp3) is 0.167. The first-order chi connectivity index (χ1) is 6.38. The molecule has 0 fully saturated rings. The number of fused-ring (bicyclic) bond motifs is 1. The van der Waals surface area contributed by atoms with Crippen LogP contribution in [-0.2, 0) is 0 Å². The van der Waals surface area contributed by atoms with Crippen molar-refractivity contribution in [2.24, 2.45) is 0 Å². The molecule has 2 aromatic carbocycles. The molecule has 14 heavy (non-hydrogen) atoms. The van der Waals surface area contributed by atoms with E-state index < -0.39 is 0 Å². The van der Waals surface area contributed by atoms with Gasteiger partial charge in [0, 0.05) is 12.5 Å². The van der Waals surface area contributed by atoms with Gasteiger partial charge in [-0.25, -0.2) is 0 Å². The van der Waals surface area contributed by atoms with Crippen molar-refractivity contribution in [3.8, 4) is 5.75 Å². The summed E-state index contributed by atoms with van der Waals surface area (Å²) in [5.74, 6) is 0.350. The van der Waals surface area contributed by atoms with Crippen molar-refractivity contribution in [3.05, 3.63) is 42.5 Å².